The van der Waals surface area contributed by atoms with Gasteiger partial charge in [-0.15, -0.1) is 42.6 Å². The van der Waals surface area contributed by atoms with E-state index in [0.717, 1.165) is 0 Å². The third-order valence-electron chi connectivity index (χ3n) is 3.06. The number of halogens is 2. The van der Waals surface area contributed by atoms with Gasteiger partial charge in [0.05, 0.1) is 0 Å². The molecule has 0 saturated heterocycles. The zero-order chi connectivity index (χ0) is 15.6. The van der Waals surface area contributed by atoms with Gasteiger partial charge in [-0.2, -0.15) is 24.3 Å². The van der Waals surface area contributed by atoms with Crippen LogP contribution in [0.4, 0.5) is 0 Å². The van der Waals surface area contributed by atoms with Gasteiger partial charge in [-0.1, -0.05) is 23.5 Å². The van der Waals surface area contributed by atoms with Gasteiger partial charge in [-0.3, -0.25) is 0 Å². The van der Waals surface area contributed by atoms with Crippen molar-refractivity contribution in [2.75, 3.05) is 0 Å². The Labute approximate surface area is 149 Å². The summed E-state index contributed by atoms with van der Waals surface area (Å²) in [6.07, 6.45) is 0. The Hall–Kier alpha value is -0.746. The molecule has 0 radical (unpaired) electrons. The molecule has 0 bridgehead atoms. The first-order chi connectivity index (χ1) is 10.8. The van der Waals surface area contributed by atoms with E-state index in [1.807, 2.05) is 30.3 Å². The van der Waals surface area contributed by atoms with Crippen molar-refractivity contribution in [2.24, 2.45) is 0 Å². The van der Waals surface area contributed by atoms with Crippen LogP contribution in [0.3, 0.4) is 0 Å². The van der Waals surface area contributed by atoms with Gasteiger partial charge in [0, 0.05) is 0 Å². The van der Waals surface area contributed by atoms with Crippen LogP contribution in [0.5, 0.6) is 0 Å². The van der Waals surface area contributed by atoms with Crippen LogP contribution in [0.1, 0.15) is 0 Å². The number of fused-ring (bicyclic) bond motifs is 1. The van der Waals surface area contributed by atoms with Crippen molar-refractivity contribution >= 4 is 36.9 Å². The van der Waals surface area contributed by atoms with E-state index in [9.17, 15) is 0 Å². The molecule has 4 heteroatoms. The average molecular weight is 381 g/mol. The molecule has 0 unspecified atom stereocenters. The van der Waals surface area contributed by atoms with E-state index in [1.54, 1.807) is 0 Å². The second-order valence-corrected chi connectivity index (χ2v) is 8.97. The van der Waals surface area contributed by atoms with Crippen LogP contribution in [0, 0.1) is 0 Å². The Kier molecular flexibility index (Phi) is 8.09. The summed E-state index contributed by atoms with van der Waals surface area (Å²) < 4.78 is 0. The molecule has 0 fully saturated rings. The molecule has 0 N–H and O–H groups in total. The first kappa shape index (κ1) is 17.6. The van der Waals surface area contributed by atoms with Crippen molar-refractivity contribution < 1.29 is 17.0 Å². The Morgan fingerprint density at radius 3 is 2.05 bits per heavy atom. The molecule has 0 amide bonds. The molecule has 0 aliphatic rings. The maximum absolute atomic E-state index is 4.89. The van der Waals surface area contributed by atoms with Crippen molar-refractivity contribution in [3.05, 3.63) is 90.5 Å². The monoisotopic (exact) mass is 380 g/mol. The maximum Gasteiger partial charge on any atom is -0.0395 e. The van der Waals surface area contributed by atoms with Crippen LogP contribution in [0.25, 0.3) is 16.1 Å². The van der Waals surface area contributed by atoms with Crippen molar-refractivity contribution in [1.29, 1.82) is 0 Å². The standard InChI is InChI=1S/C13H10P.C5H5.2ClH.Ti/c1-2-6-12-10-13(9-11(12)5-1)14-7-3-4-8-14;1-2-4-5-3-1;;;/h1-10H;1-5H;2*1H;/q2*-1;;;+2/p-2. The number of rotatable bonds is 1. The van der Waals surface area contributed by atoms with E-state index in [-0.39, 0.29) is 7.53 Å². The zero-order valence-electron chi connectivity index (χ0n) is 11.9. The topological polar surface area (TPSA) is 0 Å². The summed E-state index contributed by atoms with van der Waals surface area (Å²) in [6.45, 7) is 0. The minimum absolute atomic E-state index is 0.148. The molecule has 1 heterocycles. The van der Waals surface area contributed by atoms with E-state index in [4.69, 9.17) is 18.6 Å². The van der Waals surface area contributed by atoms with Gasteiger partial charge in [-0.05, 0) is 11.6 Å². The fourth-order valence-electron chi connectivity index (χ4n) is 2.11. The van der Waals surface area contributed by atoms with Gasteiger partial charge in [0.2, 0.25) is 0 Å². The Bertz CT molecular complexity index is 692. The summed E-state index contributed by atoms with van der Waals surface area (Å²) in [6, 6.07) is 27.4. The fourth-order valence-corrected chi connectivity index (χ4v) is 3.70. The molecule has 0 spiro atoms. The molecule has 0 nitrogen and oxygen atoms in total. The predicted octanol–water partition coefficient (Wildman–Crippen LogP) is 7.32. The number of hydrogen-bond donors (Lipinski definition) is 0. The second kappa shape index (κ2) is 10.1. The smallest absolute Gasteiger partial charge is 0.0395 e. The first-order valence-corrected chi connectivity index (χ1v) is 12.5. The van der Waals surface area contributed by atoms with Gasteiger partial charge in [0.1, 0.15) is 0 Å². The quantitative estimate of drug-likeness (QED) is 0.239. The van der Waals surface area contributed by atoms with Gasteiger partial charge in [0.15, 0.2) is 0 Å². The summed E-state index contributed by atoms with van der Waals surface area (Å²) in [5.41, 5.74) is 0. The van der Waals surface area contributed by atoms with Crippen molar-refractivity contribution in [2.45, 2.75) is 0 Å². The second-order valence-electron chi connectivity index (χ2n) is 4.47. The van der Waals surface area contributed by atoms with Crippen molar-refractivity contribution in [1.82, 2.24) is 0 Å². The molecule has 0 aliphatic carbocycles. The summed E-state index contributed by atoms with van der Waals surface area (Å²) in [7, 11) is 9.63. The van der Waals surface area contributed by atoms with Crippen molar-refractivity contribution in [3.8, 4) is 5.30 Å². The number of benzene rings is 1. The fraction of sp³-hybridized carbons (Fsp3) is 0. The van der Waals surface area contributed by atoms with Gasteiger partial charge in [0.25, 0.3) is 0 Å². The molecule has 112 valence electrons. The molecular formula is C18H15Cl2PTi-2. The number of hydrogen-bond acceptors (Lipinski definition) is 0. The molecule has 3 aromatic carbocycles. The van der Waals surface area contributed by atoms with Crippen LogP contribution >= 0.6 is 26.1 Å². The predicted molar refractivity (Wildman–Crippen MR) is 97.3 cm³/mol. The van der Waals surface area contributed by atoms with E-state index in [1.165, 1.54) is 16.1 Å². The summed E-state index contributed by atoms with van der Waals surface area (Å²) in [5.74, 6) is 4.59. The molecule has 0 aliphatic heterocycles. The van der Waals surface area contributed by atoms with Crippen LogP contribution in [0.2, 0.25) is 0 Å². The average Bonchev–Trinajstić information content (AvgIpc) is 3.29. The van der Waals surface area contributed by atoms with Crippen LogP contribution in [-0.4, -0.2) is 0 Å². The third-order valence-corrected chi connectivity index (χ3v) is 4.90. The van der Waals surface area contributed by atoms with Crippen LogP contribution < -0.4 is 0 Å². The van der Waals surface area contributed by atoms with Crippen LogP contribution in [0.15, 0.2) is 90.5 Å². The van der Waals surface area contributed by atoms with Crippen LogP contribution in [-0.2, 0) is 17.0 Å². The summed E-state index contributed by atoms with van der Waals surface area (Å²) in [5, 5.41) is 4.18. The van der Waals surface area contributed by atoms with E-state index < -0.39 is 17.0 Å². The minimum atomic E-state index is -0.556. The van der Waals surface area contributed by atoms with Gasteiger partial charge >= 0.3 is 35.6 Å². The van der Waals surface area contributed by atoms with E-state index in [0.29, 0.717) is 0 Å². The summed E-state index contributed by atoms with van der Waals surface area (Å²) in [4.78, 5) is 0. The minimum Gasteiger partial charge on any atom is -0.214 e. The van der Waals surface area contributed by atoms with Gasteiger partial charge < -0.3 is 0 Å². The van der Waals surface area contributed by atoms with Gasteiger partial charge in [-0.25, -0.2) is 12.1 Å². The Balaban J connectivity index is 0.000000184. The third kappa shape index (κ3) is 5.47. The molecule has 4 aromatic rings. The molecular weight excluding hydrogens is 366 g/mol. The molecule has 4 rings (SSSR count). The zero-order valence-corrected chi connectivity index (χ0v) is 15.8. The largest absolute Gasteiger partial charge is 0.214 e. The Morgan fingerprint density at radius 2 is 1.50 bits per heavy atom. The SMILES string of the molecule is [Cl][Ti][Cl].c1cc[cH-]c1.c1ccc2[cH-]c(-p3cccc3)cc2c1. The van der Waals surface area contributed by atoms with E-state index in [2.05, 4.69) is 60.1 Å². The Morgan fingerprint density at radius 1 is 0.864 bits per heavy atom. The maximum atomic E-state index is 4.89. The summed E-state index contributed by atoms with van der Waals surface area (Å²) >= 11 is -0.556. The first-order valence-electron chi connectivity index (χ1n) is 6.77. The molecule has 0 saturated carbocycles. The molecule has 1 aromatic heterocycles. The normalized spacial score (nSPS) is 9.36. The molecule has 0 atom stereocenters. The molecule has 22 heavy (non-hydrogen) atoms. The van der Waals surface area contributed by atoms with Crippen molar-refractivity contribution in [3.63, 3.8) is 0 Å². The van der Waals surface area contributed by atoms with E-state index >= 15 is 0 Å².